The third-order valence-electron chi connectivity index (χ3n) is 6.75. The van der Waals surface area contributed by atoms with Crippen LogP contribution in [0.3, 0.4) is 0 Å². The molecule has 0 saturated carbocycles. The predicted octanol–water partition coefficient (Wildman–Crippen LogP) is 5.08. The summed E-state index contributed by atoms with van der Waals surface area (Å²) in [5.74, 6) is 1.32. The normalized spacial score (nSPS) is 13.1. The Morgan fingerprint density at radius 2 is 1.55 bits per heavy atom. The van der Waals surface area contributed by atoms with Gasteiger partial charge in [0.15, 0.2) is 0 Å². The summed E-state index contributed by atoms with van der Waals surface area (Å²) in [4.78, 5) is 18.8. The van der Waals surface area contributed by atoms with Crippen molar-refractivity contribution in [2.75, 3.05) is 21.3 Å². The minimum atomic E-state index is -3.91. The van der Waals surface area contributed by atoms with Crippen LogP contribution in [0.5, 0.6) is 11.5 Å². The molecule has 38 heavy (non-hydrogen) atoms. The van der Waals surface area contributed by atoms with Crippen LogP contribution >= 0.6 is 0 Å². The van der Waals surface area contributed by atoms with E-state index in [-0.39, 0.29) is 21.7 Å². The van der Waals surface area contributed by atoms with Crippen molar-refractivity contribution in [3.8, 4) is 17.2 Å². The molecular formula is C29H33N3O5S. The molecule has 200 valence electrons. The topological polar surface area (TPSA) is 90.7 Å². The van der Waals surface area contributed by atoms with Gasteiger partial charge in [0.25, 0.3) is 5.56 Å². The van der Waals surface area contributed by atoms with Crippen LogP contribution in [0.25, 0.3) is 16.6 Å². The lowest BCUT2D eigenvalue weighted by Gasteiger charge is -2.27. The molecule has 0 amide bonds. The largest absolute Gasteiger partial charge is 0.497 e. The van der Waals surface area contributed by atoms with Crippen LogP contribution < -0.4 is 15.0 Å². The van der Waals surface area contributed by atoms with E-state index in [1.54, 1.807) is 68.6 Å². The van der Waals surface area contributed by atoms with Gasteiger partial charge in [0.05, 0.1) is 36.2 Å². The molecule has 0 aliphatic rings. The molecule has 0 aliphatic carbocycles. The fourth-order valence-electron chi connectivity index (χ4n) is 4.29. The molecule has 1 heterocycles. The smallest absolute Gasteiger partial charge is 0.266 e. The first-order valence-electron chi connectivity index (χ1n) is 12.2. The van der Waals surface area contributed by atoms with Gasteiger partial charge in [-0.05, 0) is 66.4 Å². The Bertz CT molecular complexity index is 1620. The standard InChI is InChI=1S/C29H33N3O5S/c1-19(31(5)38(34,35)23-17-11-20(12-18-23)29(2,3)4)27-30-26-24(9-8-10-25(26)37-7)28(33)32(27)21-13-15-22(36-6)16-14-21/h8-19H,1-7H3. The molecule has 0 spiro atoms. The first kappa shape index (κ1) is 27.3. The van der Waals surface area contributed by atoms with Gasteiger partial charge >= 0.3 is 0 Å². The van der Waals surface area contributed by atoms with E-state index in [1.807, 2.05) is 12.1 Å². The summed E-state index contributed by atoms with van der Waals surface area (Å²) in [5.41, 5.74) is 1.50. The van der Waals surface area contributed by atoms with Gasteiger partial charge in [0.2, 0.25) is 10.0 Å². The molecule has 0 N–H and O–H groups in total. The minimum Gasteiger partial charge on any atom is -0.497 e. The van der Waals surface area contributed by atoms with Gasteiger partial charge in [-0.3, -0.25) is 9.36 Å². The van der Waals surface area contributed by atoms with Gasteiger partial charge in [-0.15, -0.1) is 0 Å². The Hall–Kier alpha value is -3.69. The highest BCUT2D eigenvalue weighted by molar-refractivity contribution is 7.89. The van der Waals surface area contributed by atoms with E-state index in [0.29, 0.717) is 28.1 Å². The lowest BCUT2D eigenvalue weighted by atomic mass is 9.87. The first-order valence-corrected chi connectivity index (χ1v) is 13.7. The average molecular weight is 536 g/mol. The van der Waals surface area contributed by atoms with Gasteiger partial charge in [-0.1, -0.05) is 39.0 Å². The summed E-state index contributed by atoms with van der Waals surface area (Å²) in [6.45, 7) is 7.93. The van der Waals surface area contributed by atoms with Crippen molar-refractivity contribution in [1.82, 2.24) is 13.9 Å². The summed E-state index contributed by atoms with van der Waals surface area (Å²) in [7, 11) is 0.650. The molecule has 1 atom stereocenters. The number of fused-ring (bicyclic) bond motifs is 1. The van der Waals surface area contributed by atoms with Crippen molar-refractivity contribution in [3.63, 3.8) is 0 Å². The van der Waals surface area contributed by atoms with Crippen molar-refractivity contribution in [3.05, 3.63) is 88.5 Å². The highest BCUT2D eigenvalue weighted by atomic mass is 32.2. The van der Waals surface area contributed by atoms with Crippen molar-refractivity contribution in [2.24, 2.45) is 0 Å². The second-order valence-electron chi connectivity index (χ2n) is 10.1. The highest BCUT2D eigenvalue weighted by Gasteiger charge is 2.31. The van der Waals surface area contributed by atoms with E-state index in [9.17, 15) is 13.2 Å². The summed E-state index contributed by atoms with van der Waals surface area (Å²) in [6.07, 6.45) is 0. The zero-order valence-electron chi connectivity index (χ0n) is 22.7. The zero-order valence-corrected chi connectivity index (χ0v) is 23.5. The van der Waals surface area contributed by atoms with E-state index in [2.05, 4.69) is 20.8 Å². The first-order chi connectivity index (χ1) is 17.9. The maximum Gasteiger partial charge on any atom is 0.266 e. The number of nitrogens with zero attached hydrogens (tertiary/aromatic N) is 3. The average Bonchev–Trinajstić information content (AvgIpc) is 2.91. The van der Waals surface area contributed by atoms with Crippen LogP contribution in [-0.4, -0.2) is 43.5 Å². The molecule has 0 aliphatic heterocycles. The monoisotopic (exact) mass is 535 g/mol. The molecule has 3 aromatic carbocycles. The van der Waals surface area contributed by atoms with Gasteiger partial charge in [-0.25, -0.2) is 13.4 Å². The summed E-state index contributed by atoms with van der Waals surface area (Å²) in [6, 6.07) is 18.2. The number of hydrogen-bond acceptors (Lipinski definition) is 6. The number of ether oxygens (including phenoxy) is 2. The lowest BCUT2D eigenvalue weighted by Crippen LogP contribution is -2.35. The fourth-order valence-corrected chi connectivity index (χ4v) is 5.61. The molecule has 0 bridgehead atoms. The van der Waals surface area contributed by atoms with Crippen LogP contribution in [-0.2, 0) is 15.4 Å². The van der Waals surface area contributed by atoms with E-state index < -0.39 is 16.1 Å². The summed E-state index contributed by atoms with van der Waals surface area (Å²) < 4.78 is 40.8. The van der Waals surface area contributed by atoms with Crippen LogP contribution in [0.15, 0.2) is 76.4 Å². The number of sulfonamides is 1. The number of aromatic nitrogens is 2. The highest BCUT2D eigenvalue weighted by Crippen LogP contribution is 2.31. The van der Waals surface area contributed by atoms with E-state index in [4.69, 9.17) is 14.5 Å². The van der Waals surface area contributed by atoms with Gasteiger partial charge in [-0.2, -0.15) is 4.31 Å². The molecule has 0 radical (unpaired) electrons. The molecule has 9 heteroatoms. The quantitative estimate of drug-likeness (QED) is 0.328. The number of hydrogen-bond donors (Lipinski definition) is 0. The third kappa shape index (κ3) is 4.91. The van der Waals surface area contributed by atoms with Crippen molar-refractivity contribution < 1.29 is 17.9 Å². The minimum absolute atomic E-state index is 0.107. The van der Waals surface area contributed by atoms with Crippen LogP contribution in [0.1, 0.15) is 45.1 Å². The van der Waals surface area contributed by atoms with Gasteiger partial charge < -0.3 is 9.47 Å². The van der Waals surface area contributed by atoms with Gasteiger partial charge in [0.1, 0.15) is 22.8 Å². The Balaban J connectivity index is 1.89. The van der Waals surface area contributed by atoms with Crippen molar-refractivity contribution >= 4 is 20.9 Å². The number of benzene rings is 3. The van der Waals surface area contributed by atoms with E-state index in [0.717, 1.165) is 5.56 Å². The Morgan fingerprint density at radius 1 is 0.921 bits per heavy atom. The van der Waals surface area contributed by atoms with Crippen molar-refractivity contribution in [2.45, 2.75) is 44.0 Å². The summed E-state index contributed by atoms with van der Waals surface area (Å²) in [5, 5.41) is 0.361. The molecule has 1 aromatic heterocycles. The number of methoxy groups -OCH3 is 2. The maximum atomic E-state index is 13.8. The van der Waals surface area contributed by atoms with Crippen molar-refractivity contribution in [1.29, 1.82) is 0 Å². The fraction of sp³-hybridized carbons (Fsp3) is 0.310. The second-order valence-corrected chi connectivity index (χ2v) is 12.1. The lowest BCUT2D eigenvalue weighted by molar-refractivity contribution is 0.378. The Morgan fingerprint density at radius 3 is 2.11 bits per heavy atom. The predicted molar refractivity (Wildman–Crippen MR) is 149 cm³/mol. The molecule has 4 rings (SSSR count). The SMILES string of the molecule is COc1ccc(-n2c(C(C)N(C)S(=O)(=O)c3ccc(C(C)(C)C)cc3)nc3c(OC)cccc3c2=O)cc1. The zero-order chi connectivity index (χ0) is 27.8. The van der Waals surface area contributed by atoms with Gasteiger partial charge in [0, 0.05) is 7.05 Å². The molecule has 0 saturated heterocycles. The van der Waals surface area contributed by atoms with Crippen LogP contribution in [0.4, 0.5) is 0 Å². The van der Waals surface area contributed by atoms with E-state index >= 15 is 0 Å². The molecule has 4 aromatic rings. The van der Waals surface area contributed by atoms with Crippen LogP contribution in [0.2, 0.25) is 0 Å². The Kier molecular flexibility index (Phi) is 7.36. The molecule has 1 unspecified atom stereocenters. The molecule has 0 fully saturated rings. The number of rotatable bonds is 7. The molecular weight excluding hydrogens is 502 g/mol. The third-order valence-corrected chi connectivity index (χ3v) is 8.70. The van der Waals surface area contributed by atoms with E-state index in [1.165, 1.54) is 23.0 Å². The second kappa shape index (κ2) is 10.2. The summed E-state index contributed by atoms with van der Waals surface area (Å²) >= 11 is 0. The van der Waals surface area contributed by atoms with Crippen LogP contribution in [0, 0.1) is 0 Å². The maximum absolute atomic E-state index is 13.8. The Labute approximate surface area is 223 Å². The molecule has 8 nitrogen and oxygen atoms in total. The number of para-hydroxylation sites is 1.